The van der Waals surface area contributed by atoms with Crippen LogP contribution in [0, 0.1) is 0 Å². The molecule has 0 N–H and O–H groups in total. The topological polar surface area (TPSA) is 13.1 Å². The van der Waals surface area contributed by atoms with E-state index in [2.05, 4.69) is 30.3 Å². The van der Waals surface area contributed by atoms with Crippen LogP contribution in [0.15, 0.2) is 174 Å². The average Bonchev–Trinajstić information content (AvgIpc) is 3.62. The van der Waals surface area contributed by atoms with E-state index in [1.54, 1.807) is 0 Å². The molecular formula is C44H28O. The molecule has 9 aromatic rings. The highest BCUT2D eigenvalue weighted by Gasteiger charge is 2.21. The zero-order chi connectivity index (χ0) is 39.3. The molecule has 0 saturated heterocycles. The van der Waals surface area contributed by atoms with Crippen molar-refractivity contribution in [1.82, 2.24) is 0 Å². The maximum absolute atomic E-state index is 9.41. The molecule has 8 aromatic carbocycles. The van der Waals surface area contributed by atoms with E-state index in [0.717, 1.165) is 43.8 Å². The van der Waals surface area contributed by atoms with E-state index >= 15 is 0 Å². The number of hydrogen-bond donors (Lipinski definition) is 0. The van der Waals surface area contributed by atoms with Gasteiger partial charge in [0.2, 0.25) is 0 Å². The normalized spacial score (nSPS) is 15.0. The third-order valence-corrected chi connectivity index (χ3v) is 8.30. The van der Waals surface area contributed by atoms with Crippen LogP contribution in [0.2, 0.25) is 0 Å². The van der Waals surface area contributed by atoms with Crippen molar-refractivity contribution in [3.8, 4) is 44.5 Å². The maximum atomic E-state index is 9.41. The third kappa shape index (κ3) is 4.09. The van der Waals surface area contributed by atoms with E-state index in [1.165, 1.54) is 0 Å². The van der Waals surface area contributed by atoms with Crippen LogP contribution in [0.5, 0.6) is 0 Å². The van der Waals surface area contributed by atoms with E-state index in [4.69, 9.17) is 18.1 Å². The van der Waals surface area contributed by atoms with Crippen molar-refractivity contribution in [3.05, 3.63) is 170 Å². The smallest absolute Gasteiger partial charge is 0.143 e. The Morgan fingerprint density at radius 1 is 0.356 bits per heavy atom. The van der Waals surface area contributed by atoms with Gasteiger partial charge in [-0.3, -0.25) is 0 Å². The lowest BCUT2D eigenvalue weighted by atomic mass is 9.85. The summed E-state index contributed by atoms with van der Waals surface area (Å²) >= 11 is 0. The number of hydrogen-bond acceptors (Lipinski definition) is 1. The number of fused-ring (bicyclic) bond motifs is 5. The van der Waals surface area contributed by atoms with Crippen LogP contribution in [-0.2, 0) is 0 Å². The number of benzene rings is 8. The molecule has 0 aliphatic carbocycles. The van der Waals surface area contributed by atoms with E-state index in [-0.39, 0.29) is 44.7 Å². The van der Waals surface area contributed by atoms with Crippen LogP contribution >= 0.6 is 0 Å². The molecule has 0 amide bonds. The fourth-order valence-corrected chi connectivity index (χ4v) is 6.37. The van der Waals surface area contributed by atoms with Gasteiger partial charge in [0.1, 0.15) is 11.2 Å². The van der Waals surface area contributed by atoms with E-state index in [1.807, 2.05) is 72.8 Å². The summed E-state index contributed by atoms with van der Waals surface area (Å²) in [5, 5.41) is 2.97. The second-order valence-corrected chi connectivity index (χ2v) is 10.8. The summed E-state index contributed by atoms with van der Waals surface area (Å²) in [6.07, 6.45) is 0. The zero-order valence-electron chi connectivity index (χ0n) is 34.7. The Hall–Kier alpha value is -5.92. The first-order chi connectivity index (χ1) is 26.9. The van der Waals surface area contributed by atoms with Crippen LogP contribution < -0.4 is 0 Å². The molecule has 0 saturated carbocycles. The summed E-state index contributed by atoms with van der Waals surface area (Å²) in [6.45, 7) is 0. The van der Waals surface area contributed by atoms with Gasteiger partial charge in [-0.1, -0.05) is 164 Å². The molecule has 1 nitrogen and oxygen atoms in total. The van der Waals surface area contributed by atoms with Gasteiger partial charge in [0.25, 0.3) is 0 Å². The molecule has 0 spiro atoms. The Morgan fingerprint density at radius 3 is 1.56 bits per heavy atom. The molecule has 45 heavy (non-hydrogen) atoms. The molecule has 0 bridgehead atoms. The Labute approximate surface area is 277 Å². The van der Waals surface area contributed by atoms with Gasteiger partial charge in [-0.05, 0) is 55.4 Å². The van der Waals surface area contributed by atoms with E-state index in [0.29, 0.717) is 5.56 Å². The molecule has 9 rings (SSSR count). The molecule has 0 atom stereocenters. The summed E-state index contributed by atoms with van der Waals surface area (Å²) < 4.78 is 103. The van der Waals surface area contributed by atoms with Gasteiger partial charge >= 0.3 is 0 Å². The predicted molar refractivity (Wildman–Crippen MR) is 190 cm³/mol. The largest absolute Gasteiger partial charge is 0.455 e. The quantitative estimate of drug-likeness (QED) is 0.188. The standard InChI is InChI=1S/C44H28O/c1-3-14-29(15-4-1)31-18-11-19-32(28-31)41-34-20-7-9-22-36(34)42(37-23-10-8-21-35(37)41)40-27-13-26-39-38-25-12-24-33(43(38)45-44(39)40)30-16-5-2-6-17-30/h1-28H/i2D,5D,6D,12D,13D,16D,17D,24D,25D,26D,27D. The summed E-state index contributed by atoms with van der Waals surface area (Å²) in [4.78, 5) is 0. The zero-order valence-corrected chi connectivity index (χ0v) is 23.7. The Morgan fingerprint density at radius 2 is 0.889 bits per heavy atom. The highest BCUT2D eigenvalue weighted by molar-refractivity contribution is 6.24. The molecule has 210 valence electrons. The monoisotopic (exact) mass is 583 g/mol. The summed E-state index contributed by atoms with van der Waals surface area (Å²) in [7, 11) is 0. The van der Waals surface area contributed by atoms with Gasteiger partial charge in [0, 0.05) is 27.5 Å². The summed E-state index contributed by atoms with van der Waals surface area (Å²) in [6, 6.07) is 27.7. The highest BCUT2D eigenvalue weighted by atomic mass is 16.3. The minimum atomic E-state index is -0.651. The van der Waals surface area contributed by atoms with E-state index < -0.39 is 60.4 Å². The second kappa shape index (κ2) is 10.4. The van der Waals surface area contributed by atoms with Gasteiger partial charge in [-0.25, -0.2) is 0 Å². The van der Waals surface area contributed by atoms with Gasteiger partial charge in [-0.2, -0.15) is 0 Å². The van der Waals surface area contributed by atoms with Gasteiger partial charge in [0.05, 0.1) is 15.1 Å². The van der Waals surface area contributed by atoms with Crippen LogP contribution in [0.3, 0.4) is 0 Å². The lowest BCUT2D eigenvalue weighted by Crippen LogP contribution is -1.91. The fraction of sp³-hybridized carbons (Fsp3) is 0. The van der Waals surface area contributed by atoms with Gasteiger partial charge in [0.15, 0.2) is 0 Å². The van der Waals surface area contributed by atoms with Crippen LogP contribution in [0.1, 0.15) is 15.1 Å². The number of furan rings is 1. The molecule has 0 fully saturated rings. The Balaban J connectivity index is 1.45. The minimum absolute atomic E-state index is 0.0454. The average molecular weight is 584 g/mol. The minimum Gasteiger partial charge on any atom is -0.455 e. The van der Waals surface area contributed by atoms with Crippen LogP contribution in [-0.4, -0.2) is 0 Å². The molecule has 0 radical (unpaired) electrons. The van der Waals surface area contributed by atoms with Crippen molar-refractivity contribution in [2.24, 2.45) is 0 Å². The molecule has 0 aliphatic rings. The summed E-state index contributed by atoms with van der Waals surface area (Å²) in [5.41, 5.74) is 3.71. The van der Waals surface area contributed by atoms with E-state index in [9.17, 15) is 1.37 Å². The number of rotatable bonds is 4. The van der Waals surface area contributed by atoms with Crippen LogP contribution in [0.25, 0.3) is 88.0 Å². The Kier molecular flexibility index (Phi) is 3.87. The molecule has 1 aromatic heterocycles. The van der Waals surface area contributed by atoms with Crippen molar-refractivity contribution in [2.45, 2.75) is 0 Å². The maximum Gasteiger partial charge on any atom is 0.143 e. The highest BCUT2D eigenvalue weighted by Crippen LogP contribution is 2.47. The molecule has 1 heterocycles. The Bertz CT molecular complexity index is 3070. The van der Waals surface area contributed by atoms with Gasteiger partial charge in [-0.15, -0.1) is 0 Å². The fourth-order valence-electron chi connectivity index (χ4n) is 6.37. The van der Waals surface area contributed by atoms with Crippen molar-refractivity contribution in [2.75, 3.05) is 0 Å². The first-order valence-corrected chi connectivity index (χ1v) is 14.5. The predicted octanol–water partition coefficient (Wildman–Crippen LogP) is 12.6. The van der Waals surface area contributed by atoms with Crippen molar-refractivity contribution < 1.29 is 19.5 Å². The van der Waals surface area contributed by atoms with Crippen molar-refractivity contribution in [3.63, 3.8) is 0 Å². The van der Waals surface area contributed by atoms with Gasteiger partial charge < -0.3 is 4.42 Å². The van der Waals surface area contributed by atoms with Crippen molar-refractivity contribution >= 4 is 43.5 Å². The molecular weight excluding hydrogens is 544 g/mol. The molecule has 0 unspecified atom stereocenters. The molecule has 1 heteroatoms. The summed E-state index contributed by atoms with van der Waals surface area (Å²) in [5.74, 6) is 0. The molecule has 0 aliphatic heterocycles. The second-order valence-electron chi connectivity index (χ2n) is 10.8. The lowest BCUT2D eigenvalue weighted by molar-refractivity contribution is 0.671. The third-order valence-electron chi connectivity index (χ3n) is 8.30. The number of para-hydroxylation sites is 2. The first-order valence-electron chi connectivity index (χ1n) is 20.0. The SMILES string of the molecule is [2H]c1c([2H])c([2H])c(-c2c([2H])c([2H])c([2H])c3c2oc2c(-c4c5ccccc5c(-c5cccc(-c6ccccc6)c5)c5ccccc45)c([2H])c([2H])c([2H])c23)c([2H])c1[2H]. The van der Waals surface area contributed by atoms with Crippen LogP contribution in [0.4, 0.5) is 0 Å². The first kappa shape index (κ1) is 16.8. The lowest BCUT2D eigenvalue weighted by Gasteiger charge is -2.18. The van der Waals surface area contributed by atoms with Crippen molar-refractivity contribution in [1.29, 1.82) is 0 Å².